The zero-order valence-electron chi connectivity index (χ0n) is 11.6. The summed E-state index contributed by atoms with van der Waals surface area (Å²) >= 11 is 11.6. The van der Waals surface area contributed by atoms with Crippen LogP contribution in [0.3, 0.4) is 0 Å². The molecule has 0 aromatic heterocycles. The Labute approximate surface area is 129 Å². The Kier molecular flexibility index (Phi) is 6.82. The van der Waals surface area contributed by atoms with Crippen molar-refractivity contribution in [3.05, 3.63) is 28.2 Å². The molecule has 0 bridgehead atoms. The number of halogens is 2. The molecule has 0 saturated heterocycles. The maximum atomic E-state index is 11.8. The van der Waals surface area contributed by atoms with Gasteiger partial charge in [0.15, 0.2) is 0 Å². The molecule has 2 amide bonds. The zero-order valence-corrected chi connectivity index (χ0v) is 13.1. The smallest absolute Gasteiger partial charge is 0.233 e. The van der Waals surface area contributed by atoms with Crippen molar-refractivity contribution in [2.24, 2.45) is 0 Å². The van der Waals surface area contributed by atoms with Gasteiger partial charge < -0.3 is 10.2 Å². The molecule has 0 fully saturated rings. The van der Waals surface area contributed by atoms with Gasteiger partial charge >= 0.3 is 0 Å². The van der Waals surface area contributed by atoms with Crippen molar-refractivity contribution < 1.29 is 9.59 Å². The lowest BCUT2D eigenvalue weighted by Gasteiger charge is -2.16. The average molecular weight is 317 g/mol. The molecule has 0 saturated carbocycles. The van der Waals surface area contributed by atoms with Gasteiger partial charge in [-0.05, 0) is 24.6 Å². The van der Waals surface area contributed by atoms with Crippen LogP contribution in [0.2, 0.25) is 10.0 Å². The molecule has 0 radical (unpaired) electrons. The zero-order chi connectivity index (χ0) is 15.1. The van der Waals surface area contributed by atoms with Crippen LogP contribution in [0.1, 0.15) is 26.2 Å². The van der Waals surface area contributed by atoms with E-state index in [0.717, 1.165) is 12.8 Å². The van der Waals surface area contributed by atoms with Gasteiger partial charge in [-0.3, -0.25) is 9.59 Å². The highest BCUT2D eigenvalue weighted by Crippen LogP contribution is 2.25. The summed E-state index contributed by atoms with van der Waals surface area (Å²) in [5, 5.41) is 3.40. The van der Waals surface area contributed by atoms with E-state index in [9.17, 15) is 9.59 Å². The third-order valence-corrected chi connectivity index (χ3v) is 3.53. The highest BCUT2D eigenvalue weighted by molar-refractivity contribution is 6.42. The summed E-state index contributed by atoms with van der Waals surface area (Å²) in [5.41, 5.74) is 0.522. The normalized spacial score (nSPS) is 10.2. The molecule has 0 spiro atoms. The fraction of sp³-hybridized carbons (Fsp3) is 0.429. The van der Waals surface area contributed by atoms with Crippen LogP contribution in [0.15, 0.2) is 18.2 Å². The van der Waals surface area contributed by atoms with Crippen LogP contribution in [-0.4, -0.2) is 30.3 Å². The SMILES string of the molecule is CCCCN(C)C(=O)CC(=O)Nc1ccc(Cl)c(Cl)c1. The third kappa shape index (κ3) is 5.39. The number of nitrogens with zero attached hydrogens (tertiary/aromatic N) is 1. The summed E-state index contributed by atoms with van der Waals surface area (Å²) in [6.45, 7) is 2.71. The molecule has 1 rings (SSSR count). The highest BCUT2D eigenvalue weighted by atomic mass is 35.5. The minimum Gasteiger partial charge on any atom is -0.345 e. The molecular formula is C14H18Cl2N2O2. The number of hydrogen-bond donors (Lipinski definition) is 1. The molecular weight excluding hydrogens is 299 g/mol. The molecule has 0 unspecified atom stereocenters. The number of carbonyl (C=O) groups is 2. The summed E-state index contributed by atoms with van der Waals surface area (Å²) in [5.74, 6) is -0.562. The lowest BCUT2D eigenvalue weighted by atomic mass is 10.2. The molecule has 0 aliphatic carbocycles. The van der Waals surface area contributed by atoms with Gasteiger partial charge in [0.1, 0.15) is 6.42 Å². The van der Waals surface area contributed by atoms with Crippen molar-refractivity contribution in [3.8, 4) is 0 Å². The van der Waals surface area contributed by atoms with Gasteiger partial charge in [0.25, 0.3) is 0 Å². The fourth-order valence-corrected chi connectivity index (χ4v) is 1.87. The Morgan fingerprint density at radius 2 is 1.95 bits per heavy atom. The van der Waals surface area contributed by atoms with E-state index >= 15 is 0 Å². The van der Waals surface area contributed by atoms with E-state index in [-0.39, 0.29) is 18.2 Å². The van der Waals surface area contributed by atoms with Gasteiger partial charge in [-0.2, -0.15) is 0 Å². The van der Waals surface area contributed by atoms with Crippen molar-refractivity contribution in [2.75, 3.05) is 18.9 Å². The average Bonchev–Trinajstić information content (AvgIpc) is 2.40. The molecule has 0 heterocycles. The van der Waals surface area contributed by atoms with Gasteiger partial charge in [-0.15, -0.1) is 0 Å². The van der Waals surface area contributed by atoms with Gasteiger partial charge in [-0.1, -0.05) is 36.5 Å². The largest absolute Gasteiger partial charge is 0.345 e. The first-order valence-corrected chi connectivity index (χ1v) is 7.18. The van der Waals surface area contributed by atoms with E-state index in [4.69, 9.17) is 23.2 Å². The maximum absolute atomic E-state index is 11.8. The molecule has 0 aliphatic rings. The van der Waals surface area contributed by atoms with Gasteiger partial charge in [0, 0.05) is 19.3 Å². The predicted octanol–water partition coefficient (Wildman–Crippen LogP) is 3.58. The molecule has 0 aliphatic heterocycles. The van der Waals surface area contributed by atoms with Crippen LogP contribution in [0.4, 0.5) is 5.69 Å². The summed E-state index contributed by atoms with van der Waals surface area (Å²) in [6.07, 6.45) is 1.75. The Morgan fingerprint density at radius 3 is 2.55 bits per heavy atom. The number of unbranched alkanes of at least 4 members (excludes halogenated alkanes) is 1. The van der Waals surface area contributed by atoms with Crippen molar-refractivity contribution in [3.63, 3.8) is 0 Å². The first-order chi connectivity index (χ1) is 9.43. The standard InChI is InChI=1S/C14H18Cl2N2O2/c1-3-4-7-18(2)14(20)9-13(19)17-10-5-6-11(15)12(16)8-10/h5-6,8H,3-4,7,9H2,1-2H3,(H,17,19). The monoisotopic (exact) mass is 316 g/mol. The Hall–Kier alpha value is -1.26. The number of rotatable bonds is 6. The van der Waals surface area contributed by atoms with E-state index in [1.807, 2.05) is 0 Å². The number of hydrogen-bond acceptors (Lipinski definition) is 2. The molecule has 6 heteroatoms. The Morgan fingerprint density at radius 1 is 1.25 bits per heavy atom. The number of nitrogens with one attached hydrogen (secondary N) is 1. The van der Waals surface area contributed by atoms with Crippen LogP contribution < -0.4 is 5.32 Å². The van der Waals surface area contributed by atoms with Crippen molar-refractivity contribution in [2.45, 2.75) is 26.2 Å². The van der Waals surface area contributed by atoms with Crippen LogP contribution in [0.25, 0.3) is 0 Å². The minimum atomic E-state index is -0.364. The molecule has 1 N–H and O–H groups in total. The number of amides is 2. The number of carbonyl (C=O) groups excluding carboxylic acids is 2. The second-order valence-corrected chi connectivity index (χ2v) is 5.34. The lowest BCUT2D eigenvalue weighted by molar-refractivity contribution is -0.133. The van der Waals surface area contributed by atoms with E-state index in [1.165, 1.54) is 0 Å². The molecule has 0 atom stereocenters. The van der Waals surface area contributed by atoms with Crippen molar-refractivity contribution in [1.82, 2.24) is 4.90 Å². The van der Waals surface area contributed by atoms with E-state index < -0.39 is 0 Å². The lowest BCUT2D eigenvalue weighted by Crippen LogP contribution is -2.31. The van der Waals surface area contributed by atoms with E-state index in [1.54, 1.807) is 30.1 Å². The summed E-state index contributed by atoms with van der Waals surface area (Å²) in [4.78, 5) is 25.1. The van der Waals surface area contributed by atoms with Gasteiger partial charge in [0.05, 0.1) is 10.0 Å². The quantitative estimate of drug-likeness (QED) is 0.815. The Bertz CT molecular complexity index is 492. The molecule has 20 heavy (non-hydrogen) atoms. The summed E-state index contributed by atoms with van der Waals surface area (Å²) in [6, 6.07) is 4.78. The summed E-state index contributed by atoms with van der Waals surface area (Å²) in [7, 11) is 1.70. The minimum absolute atomic E-state index is 0.180. The molecule has 110 valence electrons. The number of anilines is 1. The third-order valence-electron chi connectivity index (χ3n) is 2.79. The topological polar surface area (TPSA) is 49.4 Å². The fourth-order valence-electron chi connectivity index (χ4n) is 1.57. The second kappa shape index (κ2) is 8.12. The maximum Gasteiger partial charge on any atom is 0.233 e. The van der Waals surface area contributed by atoms with E-state index in [0.29, 0.717) is 22.3 Å². The van der Waals surface area contributed by atoms with E-state index in [2.05, 4.69) is 12.2 Å². The van der Waals surface area contributed by atoms with Crippen LogP contribution >= 0.6 is 23.2 Å². The first kappa shape index (κ1) is 16.8. The number of benzene rings is 1. The van der Waals surface area contributed by atoms with Crippen LogP contribution in [-0.2, 0) is 9.59 Å². The van der Waals surface area contributed by atoms with Gasteiger partial charge in [0.2, 0.25) is 11.8 Å². The van der Waals surface area contributed by atoms with Crippen LogP contribution in [0.5, 0.6) is 0 Å². The molecule has 4 nitrogen and oxygen atoms in total. The molecule has 1 aromatic carbocycles. The Balaban J connectivity index is 2.50. The highest BCUT2D eigenvalue weighted by Gasteiger charge is 2.14. The van der Waals surface area contributed by atoms with Crippen LogP contribution in [0, 0.1) is 0 Å². The van der Waals surface area contributed by atoms with Crippen molar-refractivity contribution >= 4 is 40.7 Å². The van der Waals surface area contributed by atoms with Crippen molar-refractivity contribution in [1.29, 1.82) is 0 Å². The first-order valence-electron chi connectivity index (χ1n) is 6.43. The van der Waals surface area contributed by atoms with Gasteiger partial charge in [-0.25, -0.2) is 0 Å². The predicted molar refractivity (Wildman–Crippen MR) is 82.3 cm³/mol. The molecule has 1 aromatic rings. The summed E-state index contributed by atoms with van der Waals surface area (Å²) < 4.78 is 0. The second-order valence-electron chi connectivity index (χ2n) is 4.52.